The lowest BCUT2D eigenvalue weighted by atomic mass is 10.0. The number of anilines is 1. The van der Waals surface area contributed by atoms with E-state index in [1.165, 1.54) is 11.8 Å². The molecule has 1 aliphatic heterocycles. The van der Waals surface area contributed by atoms with Crippen molar-refractivity contribution in [2.24, 2.45) is 0 Å². The molecule has 0 saturated carbocycles. The van der Waals surface area contributed by atoms with Crippen molar-refractivity contribution in [3.05, 3.63) is 63.1 Å². The Morgan fingerprint density at radius 3 is 2.44 bits per heavy atom. The third kappa shape index (κ3) is 4.42. The molecule has 0 unspecified atom stereocenters. The van der Waals surface area contributed by atoms with Gasteiger partial charge in [0.2, 0.25) is 6.41 Å². The molecular formula is C23H26F2N4O3. The van der Waals surface area contributed by atoms with Gasteiger partial charge in [-0.25, -0.2) is 8.78 Å². The SMILES string of the molecule is CNC=O.Cc1ccc(Cc2cnc3c(O)c(C)c(=O)n4c3c2N(C)CC(F)(F)C4)cc1. The molecule has 2 N–H and O–H groups in total. The first-order valence-corrected chi connectivity index (χ1v) is 10.1. The van der Waals surface area contributed by atoms with Gasteiger partial charge in [-0.3, -0.25) is 19.1 Å². The Morgan fingerprint density at radius 1 is 1.22 bits per heavy atom. The molecule has 1 aromatic carbocycles. The Bertz CT molecular complexity index is 1210. The van der Waals surface area contributed by atoms with Crippen LogP contribution in [0.2, 0.25) is 0 Å². The van der Waals surface area contributed by atoms with Crippen LogP contribution in [0.25, 0.3) is 11.0 Å². The molecule has 0 atom stereocenters. The van der Waals surface area contributed by atoms with E-state index in [-0.39, 0.29) is 22.3 Å². The molecule has 1 aliphatic rings. The quantitative estimate of drug-likeness (QED) is 0.607. The summed E-state index contributed by atoms with van der Waals surface area (Å²) in [5.41, 5.74) is 3.22. The van der Waals surface area contributed by atoms with Crippen molar-refractivity contribution < 1.29 is 18.7 Å². The number of aryl methyl sites for hydroxylation is 1. The smallest absolute Gasteiger partial charge is 0.282 e. The van der Waals surface area contributed by atoms with E-state index in [1.807, 2.05) is 31.2 Å². The number of alkyl halides is 2. The topological polar surface area (TPSA) is 87.5 Å². The number of pyridine rings is 2. The van der Waals surface area contributed by atoms with Crippen LogP contribution >= 0.6 is 0 Å². The van der Waals surface area contributed by atoms with Crippen LogP contribution in [-0.4, -0.2) is 47.6 Å². The highest BCUT2D eigenvalue weighted by Crippen LogP contribution is 2.38. The van der Waals surface area contributed by atoms with Gasteiger partial charge in [-0.05, 0) is 19.4 Å². The highest BCUT2D eigenvalue weighted by Gasteiger charge is 2.38. The molecule has 170 valence electrons. The minimum absolute atomic E-state index is 0.0255. The van der Waals surface area contributed by atoms with Gasteiger partial charge in [-0.2, -0.15) is 0 Å². The zero-order chi connectivity index (χ0) is 23.6. The van der Waals surface area contributed by atoms with Gasteiger partial charge in [-0.1, -0.05) is 29.8 Å². The minimum atomic E-state index is -3.09. The highest BCUT2D eigenvalue weighted by atomic mass is 19.3. The molecule has 0 aliphatic carbocycles. The van der Waals surface area contributed by atoms with Gasteiger partial charge < -0.3 is 15.3 Å². The second-order valence-corrected chi connectivity index (χ2v) is 7.98. The van der Waals surface area contributed by atoms with E-state index in [4.69, 9.17) is 4.79 Å². The summed E-state index contributed by atoms with van der Waals surface area (Å²) < 4.78 is 30.1. The highest BCUT2D eigenvalue weighted by molar-refractivity contribution is 5.94. The standard InChI is InChI=1S/C21H21F2N3O2.C2H5NO/c1-12-4-6-14(7-5-12)8-15-9-24-16-18-17(15)25(3)10-21(22,23)11-26(18)20(28)13(2)19(16)27;1-3-2-4/h4-7,9,27H,8,10-11H2,1-3H3;2H,1H3,(H,3,4). The van der Waals surface area contributed by atoms with Crippen molar-refractivity contribution in [3.8, 4) is 5.75 Å². The third-order valence-electron chi connectivity index (χ3n) is 5.39. The number of nitrogens with one attached hydrogen (secondary N) is 1. The summed E-state index contributed by atoms with van der Waals surface area (Å²) in [6, 6.07) is 7.95. The molecular weight excluding hydrogens is 418 g/mol. The van der Waals surface area contributed by atoms with Gasteiger partial charge in [0, 0.05) is 32.3 Å². The van der Waals surface area contributed by atoms with Crippen LogP contribution in [0.3, 0.4) is 0 Å². The molecule has 3 heterocycles. The number of carbonyl (C=O) groups is 1. The lowest BCUT2D eigenvalue weighted by Gasteiger charge is -2.24. The average Bonchev–Trinajstić information content (AvgIpc) is 2.86. The van der Waals surface area contributed by atoms with Gasteiger partial charge in [0.25, 0.3) is 11.5 Å². The fourth-order valence-corrected chi connectivity index (χ4v) is 3.88. The molecule has 0 bridgehead atoms. The van der Waals surface area contributed by atoms with Crippen LogP contribution in [0, 0.1) is 13.8 Å². The molecule has 1 amide bonds. The van der Waals surface area contributed by atoms with Crippen molar-refractivity contribution in [1.82, 2.24) is 14.9 Å². The number of aromatic nitrogens is 2. The normalized spacial score (nSPS) is 14.4. The van der Waals surface area contributed by atoms with E-state index < -0.39 is 24.6 Å². The number of rotatable bonds is 3. The molecule has 9 heteroatoms. The van der Waals surface area contributed by atoms with E-state index in [9.17, 15) is 18.7 Å². The summed E-state index contributed by atoms with van der Waals surface area (Å²) in [4.78, 5) is 27.6. The molecule has 7 nitrogen and oxygen atoms in total. The number of hydrogen-bond donors (Lipinski definition) is 2. The van der Waals surface area contributed by atoms with E-state index >= 15 is 0 Å². The van der Waals surface area contributed by atoms with Crippen LogP contribution in [0.4, 0.5) is 14.5 Å². The molecule has 2 aromatic heterocycles. The predicted octanol–water partition coefficient (Wildman–Crippen LogP) is 2.76. The Hall–Kier alpha value is -3.49. The molecule has 0 saturated heterocycles. The number of carbonyl (C=O) groups excluding carboxylic acids is 1. The molecule has 4 rings (SSSR count). The first-order valence-electron chi connectivity index (χ1n) is 10.1. The number of amides is 1. The Labute approximate surface area is 184 Å². The van der Waals surface area contributed by atoms with Gasteiger partial charge >= 0.3 is 0 Å². The third-order valence-corrected chi connectivity index (χ3v) is 5.39. The molecule has 0 fully saturated rings. The number of benzene rings is 1. The number of halogens is 2. The second kappa shape index (κ2) is 8.94. The molecule has 0 radical (unpaired) electrons. The molecule has 0 spiro atoms. The van der Waals surface area contributed by atoms with E-state index in [1.54, 1.807) is 20.3 Å². The number of hydrogen-bond acceptors (Lipinski definition) is 5. The van der Waals surface area contributed by atoms with Crippen LogP contribution in [0.15, 0.2) is 35.3 Å². The van der Waals surface area contributed by atoms with Crippen LogP contribution in [0.5, 0.6) is 5.75 Å². The summed E-state index contributed by atoms with van der Waals surface area (Å²) in [5.74, 6) is -3.34. The second-order valence-electron chi connectivity index (χ2n) is 7.98. The van der Waals surface area contributed by atoms with Gasteiger partial charge in [0.1, 0.15) is 5.52 Å². The van der Waals surface area contributed by atoms with Crippen molar-refractivity contribution in [3.63, 3.8) is 0 Å². The maximum absolute atomic E-state index is 14.5. The number of nitrogens with zero attached hydrogens (tertiary/aromatic N) is 3. The van der Waals surface area contributed by atoms with Crippen molar-refractivity contribution in [2.45, 2.75) is 32.7 Å². The van der Waals surface area contributed by atoms with Crippen molar-refractivity contribution in [2.75, 3.05) is 25.5 Å². The maximum Gasteiger partial charge on any atom is 0.282 e. The average molecular weight is 444 g/mol. The lowest BCUT2D eigenvalue weighted by Crippen LogP contribution is -2.37. The largest absolute Gasteiger partial charge is 0.505 e. The first kappa shape index (κ1) is 23.2. The first-order chi connectivity index (χ1) is 15.1. The van der Waals surface area contributed by atoms with E-state index in [0.717, 1.165) is 21.3 Å². The summed E-state index contributed by atoms with van der Waals surface area (Å²) in [7, 11) is 3.14. The summed E-state index contributed by atoms with van der Waals surface area (Å²) in [5, 5.41) is 12.7. The Morgan fingerprint density at radius 2 is 1.84 bits per heavy atom. The summed E-state index contributed by atoms with van der Waals surface area (Å²) in [6.07, 6.45) is 2.71. The zero-order valence-electron chi connectivity index (χ0n) is 18.4. The zero-order valence-corrected chi connectivity index (χ0v) is 18.4. The van der Waals surface area contributed by atoms with Crippen LogP contribution in [0.1, 0.15) is 22.3 Å². The summed E-state index contributed by atoms with van der Waals surface area (Å²) >= 11 is 0. The van der Waals surface area contributed by atoms with Crippen molar-refractivity contribution >= 4 is 23.1 Å². The molecule has 3 aromatic rings. The predicted molar refractivity (Wildman–Crippen MR) is 120 cm³/mol. The van der Waals surface area contributed by atoms with E-state index in [2.05, 4.69) is 10.3 Å². The number of aromatic hydroxyl groups is 1. The van der Waals surface area contributed by atoms with Crippen molar-refractivity contribution in [1.29, 1.82) is 0 Å². The molecule has 32 heavy (non-hydrogen) atoms. The maximum atomic E-state index is 14.5. The van der Waals surface area contributed by atoms with Crippen LogP contribution in [-0.2, 0) is 17.8 Å². The fourth-order valence-electron chi connectivity index (χ4n) is 3.88. The van der Waals surface area contributed by atoms with Gasteiger partial charge in [-0.15, -0.1) is 0 Å². The lowest BCUT2D eigenvalue weighted by molar-refractivity contribution is -0.109. The monoisotopic (exact) mass is 444 g/mol. The minimum Gasteiger partial charge on any atom is -0.505 e. The summed E-state index contributed by atoms with van der Waals surface area (Å²) in [6.45, 7) is 2.16. The Kier molecular flexibility index (Phi) is 6.47. The Balaban J connectivity index is 0.000000668. The van der Waals surface area contributed by atoms with Gasteiger partial charge in [0.05, 0.1) is 29.9 Å². The van der Waals surface area contributed by atoms with Gasteiger partial charge in [0.15, 0.2) is 5.75 Å². The van der Waals surface area contributed by atoms with Crippen LogP contribution < -0.4 is 15.8 Å². The van der Waals surface area contributed by atoms with E-state index in [0.29, 0.717) is 18.5 Å². The fraction of sp³-hybridized carbons (Fsp3) is 0.348.